The smallest absolute Gasteiger partial charge is 0.248 e. The summed E-state index contributed by atoms with van der Waals surface area (Å²) in [6, 6.07) is 18.1. The largest absolute Gasteiger partial charge is 0.467 e. The molecule has 0 radical (unpaired) electrons. The molecule has 2 heterocycles. The average molecular weight is 448 g/mol. The van der Waals surface area contributed by atoms with Crippen molar-refractivity contribution in [1.82, 2.24) is 14.8 Å². The van der Waals surface area contributed by atoms with Crippen molar-refractivity contribution in [3.8, 4) is 11.4 Å². The van der Waals surface area contributed by atoms with E-state index in [1.54, 1.807) is 30.5 Å². The van der Waals surface area contributed by atoms with Crippen molar-refractivity contribution < 1.29 is 14.0 Å². The number of nitrogens with one attached hydrogen (secondary N) is 1. The van der Waals surface area contributed by atoms with E-state index in [0.717, 1.165) is 16.9 Å². The van der Waals surface area contributed by atoms with Crippen molar-refractivity contribution in [2.75, 3.05) is 11.1 Å². The number of rotatable bonds is 8. The molecule has 9 heteroatoms. The highest BCUT2D eigenvalue weighted by molar-refractivity contribution is 7.99. The second-order valence-electron chi connectivity index (χ2n) is 7.12. The quantitative estimate of drug-likeness (QED) is 0.398. The summed E-state index contributed by atoms with van der Waals surface area (Å²) in [5.74, 6) is 0.890. The van der Waals surface area contributed by atoms with E-state index in [0.29, 0.717) is 28.8 Å². The summed E-state index contributed by atoms with van der Waals surface area (Å²) in [6.07, 6.45) is 1.62. The van der Waals surface area contributed by atoms with E-state index in [4.69, 9.17) is 10.2 Å². The molecule has 2 amide bonds. The molecule has 32 heavy (non-hydrogen) atoms. The van der Waals surface area contributed by atoms with Crippen LogP contribution in [0.2, 0.25) is 0 Å². The number of nitrogens with two attached hydrogens (primary N) is 1. The lowest BCUT2D eigenvalue weighted by atomic mass is 10.1. The van der Waals surface area contributed by atoms with Gasteiger partial charge in [0.15, 0.2) is 11.0 Å². The van der Waals surface area contributed by atoms with E-state index in [-0.39, 0.29) is 11.7 Å². The molecule has 0 aliphatic heterocycles. The van der Waals surface area contributed by atoms with Crippen molar-refractivity contribution >= 4 is 29.3 Å². The Hall–Kier alpha value is -3.85. The Morgan fingerprint density at radius 1 is 1.09 bits per heavy atom. The Morgan fingerprint density at radius 3 is 2.59 bits per heavy atom. The van der Waals surface area contributed by atoms with Gasteiger partial charge < -0.3 is 15.5 Å². The van der Waals surface area contributed by atoms with E-state index in [1.807, 2.05) is 47.9 Å². The van der Waals surface area contributed by atoms with E-state index >= 15 is 0 Å². The van der Waals surface area contributed by atoms with Gasteiger partial charge in [0, 0.05) is 16.8 Å². The second-order valence-corrected chi connectivity index (χ2v) is 8.06. The maximum absolute atomic E-state index is 12.5. The van der Waals surface area contributed by atoms with Crippen LogP contribution in [0.3, 0.4) is 0 Å². The summed E-state index contributed by atoms with van der Waals surface area (Å²) >= 11 is 1.29. The molecule has 0 unspecified atom stereocenters. The van der Waals surface area contributed by atoms with E-state index < -0.39 is 5.91 Å². The van der Waals surface area contributed by atoms with E-state index in [9.17, 15) is 9.59 Å². The van der Waals surface area contributed by atoms with Gasteiger partial charge in [-0.2, -0.15) is 0 Å². The first-order valence-electron chi connectivity index (χ1n) is 9.85. The summed E-state index contributed by atoms with van der Waals surface area (Å²) in [5.41, 5.74) is 8.26. The van der Waals surface area contributed by atoms with Gasteiger partial charge in [0.25, 0.3) is 0 Å². The van der Waals surface area contributed by atoms with E-state index in [1.165, 1.54) is 11.8 Å². The van der Waals surface area contributed by atoms with Crippen LogP contribution in [0.15, 0.2) is 76.5 Å². The number of nitrogens with zero attached hydrogens (tertiary/aromatic N) is 3. The van der Waals surface area contributed by atoms with Crippen molar-refractivity contribution in [3.05, 3.63) is 83.8 Å². The highest BCUT2D eigenvalue weighted by atomic mass is 32.2. The molecule has 0 aliphatic rings. The van der Waals surface area contributed by atoms with Crippen LogP contribution in [-0.2, 0) is 11.3 Å². The molecule has 4 rings (SSSR count). The van der Waals surface area contributed by atoms with Crippen LogP contribution in [0.5, 0.6) is 0 Å². The minimum absolute atomic E-state index is 0.141. The predicted molar refractivity (Wildman–Crippen MR) is 122 cm³/mol. The lowest BCUT2D eigenvalue weighted by molar-refractivity contribution is -0.113. The molecule has 162 valence electrons. The number of hydrogen-bond donors (Lipinski definition) is 2. The average Bonchev–Trinajstić information content (AvgIpc) is 3.43. The minimum atomic E-state index is -0.515. The van der Waals surface area contributed by atoms with Crippen molar-refractivity contribution in [2.45, 2.75) is 18.6 Å². The molecule has 0 saturated carbocycles. The fourth-order valence-electron chi connectivity index (χ4n) is 3.14. The first-order valence-corrected chi connectivity index (χ1v) is 10.8. The van der Waals surface area contributed by atoms with Crippen molar-refractivity contribution in [2.24, 2.45) is 5.73 Å². The summed E-state index contributed by atoms with van der Waals surface area (Å²) in [4.78, 5) is 23.6. The number of carbonyl (C=O) groups is 2. The van der Waals surface area contributed by atoms with Crippen LogP contribution in [0, 0.1) is 6.92 Å². The third kappa shape index (κ3) is 5.06. The molecule has 0 fully saturated rings. The summed E-state index contributed by atoms with van der Waals surface area (Å²) in [6.45, 7) is 2.47. The van der Waals surface area contributed by atoms with Gasteiger partial charge in [0.2, 0.25) is 11.8 Å². The van der Waals surface area contributed by atoms with Crippen molar-refractivity contribution in [1.29, 1.82) is 0 Å². The highest BCUT2D eigenvalue weighted by Gasteiger charge is 2.17. The Kier molecular flexibility index (Phi) is 6.37. The number of aryl methyl sites for hydroxylation is 1. The zero-order valence-electron chi connectivity index (χ0n) is 17.3. The topological polar surface area (TPSA) is 116 Å². The first kappa shape index (κ1) is 21.4. The molecule has 0 spiro atoms. The molecule has 0 saturated heterocycles. The summed E-state index contributed by atoms with van der Waals surface area (Å²) < 4.78 is 7.45. The molecule has 0 aliphatic carbocycles. The Morgan fingerprint density at radius 2 is 1.91 bits per heavy atom. The fraction of sp³-hybridized carbons (Fsp3) is 0.130. The number of benzene rings is 2. The summed E-state index contributed by atoms with van der Waals surface area (Å²) in [5, 5.41) is 12.1. The van der Waals surface area contributed by atoms with Crippen LogP contribution in [0.25, 0.3) is 11.4 Å². The fourth-order valence-corrected chi connectivity index (χ4v) is 3.88. The lowest BCUT2D eigenvalue weighted by Crippen LogP contribution is -2.15. The number of furan rings is 1. The Labute approximate surface area is 188 Å². The number of hydrogen-bond acceptors (Lipinski definition) is 6. The third-order valence-electron chi connectivity index (χ3n) is 4.67. The molecule has 2 aromatic carbocycles. The molecule has 2 aromatic heterocycles. The van der Waals surface area contributed by atoms with Crippen LogP contribution >= 0.6 is 11.8 Å². The Bertz CT molecular complexity index is 1230. The van der Waals surface area contributed by atoms with Gasteiger partial charge in [-0.25, -0.2) is 0 Å². The molecular formula is C23H21N5O3S. The number of thioether (sulfide) groups is 1. The van der Waals surface area contributed by atoms with Gasteiger partial charge in [-0.3, -0.25) is 14.2 Å². The van der Waals surface area contributed by atoms with Crippen LogP contribution in [0.4, 0.5) is 5.69 Å². The molecule has 0 atom stereocenters. The highest BCUT2D eigenvalue weighted by Crippen LogP contribution is 2.26. The van der Waals surface area contributed by atoms with Crippen LogP contribution in [0.1, 0.15) is 21.7 Å². The van der Waals surface area contributed by atoms with Gasteiger partial charge >= 0.3 is 0 Å². The van der Waals surface area contributed by atoms with Crippen LogP contribution in [-0.4, -0.2) is 32.3 Å². The van der Waals surface area contributed by atoms with Crippen LogP contribution < -0.4 is 11.1 Å². The monoisotopic (exact) mass is 447 g/mol. The number of aromatic nitrogens is 3. The molecule has 3 N–H and O–H groups in total. The zero-order chi connectivity index (χ0) is 22.5. The van der Waals surface area contributed by atoms with Gasteiger partial charge in [0.05, 0.1) is 18.6 Å². The number of carbonyl (C=O) groups excluding carboxylic acids is 2. The normalized spacial score (nSPS) is 10.8. The molecular weight excluding hydrogens is 426 g/mol. The van der Waals surface area contributed by atoms with Gasteiger partial charge in [-0.15, -0.1) is 10.2 Å². The zero-order valence-corrected chi connectivity index (χ0v) is 18.1. The van der Waals surface area contributed by atoms with Crippen molar-refractivity contribution in [3.63, 3.8) is 0 Å². The summed E-state index contributed by atoms with van der Waals surface area (Å²) in [7, 11) is 0. The second kappa shape index (κ2) is 9.52. The SMILES string of the molecule is Cc1cccc(-c2nnc(SCC(=O)Nc3ccc(C(N)=O)cc3)n2Cc2ccco2)c1. The molecule has 0 bridgehead atoms. The maximum Gasteiger partial charge on any atom is 0.248 e. The number of anilines is 1. The standard InChI is InChI=1S/C23H21N5O3S/c1-15-4-2-5-17(12-15)22-26-27-23(28(22)13-19-6-3-11-31-19)32-14-20(29)25-18-9-7-16(8-10-18)21(24)30/h2-12H,13-14H2,1H3,(H2,24,30)(H,25,29). The Balaban J connectivity index is 1.50. The van der Waals surface area contributed by atoms with Gasteiger partial charge in [0.1, 0.15) is 5.76 Å². The molecule has 4 aromatic rings. The first-order chi connectivity index (χ1) is 15.5. The molecule has 8 nitrogen and oxygen atoms in total. The minimum Gasteiger partial charge on any atom is -0.467 e. The van der Waals surface area contributed by atoms with Gasteiger partial charge in [-0.1, -0.05) is 35.5 Å². The van der Waals surface area contributed by atoms with E-state index in [2.05, 4.69) is 15.5 Å². The number of amides is 2. The maximum atomic E-state index is 12.5. The lowest BCUT2D eigenvalue weighted by Gasteiger charge is -2.10. The third-order valence-corrected chi connectivity index (χ3v) is 5.64. The van der Waals surface area contributed by atoms with Gasteiger partial charge in [-0.05, 0) is 49.4 Å². The predicted octanol–water partition coefficient (Wildman–Crippen LogP) is 3.72. The number of primary amides is 1.